The van der Waals surface area contributed by atoms with Crippen molar-refractivity contribution in [3.05, 3.63) is 52.1 Å². The third kappa shape index (κ3) is 2.39. The fraction of sp³-hybridized carbons (Fsp3) is 0. The van der Waals surface area contributed by atoms with Gasteiger partial charge in [-0.1, -0.05) is 45.7 Å². The van der Waals surface area contributed by atoms with E-state index >= 15 is 0 Å². The molecule has 0 radical (unpaired) electrons. The first-order chi connectivity index (χ1) is 9.65. The van der Waals surface area contributed by atoms with E-state index in [-0.39, 0.29) is 0 Å². The summed E-state index contributed by atoms with van der Waals surface area (Å²) >= 11 is 9.22. The summed E-state index contributed by atoms with van der Waals surface area (Å²) < 4.78 is 2.48. The van der Waals surface area contributed by atoms with Crippen LogP contribution in [0.1, 0.15) is 0 Å². The molecular weight excluding hydrogens is 342 g/mol. The summed E-state index contributed by atoms with van der Waals surface area (Å²) in [4.78, 5) is 0. The Morgan fingerprint density at radius 2 is 1.90 bits per heavy atom. The summed E-state index contributed by atoms with van der Waals surface area (Å²) in [5.41, 5.74) is 7.70. The number of hydrogen-bond donors (Lipinski definition) is 1. The molecule has 7 heteroatoms. The molecule has 0 spiro atoms. The van der Waals surface area contributed by atoms with E-state index in [1.54, 1.807) is 18.2 Å². The molecule has 0 aliphatic rings. The minimum Gasteiger partial charge on any atom is -0.384 e. The van der Waals surface area contributed by atoms with Gasteiger partial charge in [-0.05, 0) is 18.2 Å². The molecule has 0 saturated heterocycles. The van der Waals surface area contributed by atoms with Crippen molar-refractivity contribution in [1.82, 2.24) is 20.0 Å². The summed E-state index contributed by atoms with van der Waals surface area (Å²) in [7, 11) is 0. The lowest BCUT2D eigenvalue weighted by Gasteiger charge is -2.01. The third-order valence-electron chi connectivity index (χ3n) is 2.72. The van der Waals surface area contributed by atoms with Gasteiger partial charge in [0, 0.05) is 16.1 Å². The molecule has 100 valence electrons. The van der Waals surface area contributed by atoms with E-state index in [1.807, 2.05) is 24.3 Å². The Morgan fingerprint density at radius 1 is 1.10 bits per heavy atom. The van der Waals surface area contributed by atoms with Crippen LogP contribution in [0.3, 0.4) is 0 Å². The number of nitrogen functional groups attached to an aromatic ring is 1. The second-order valence-corrected chi connectivity index (χ2v) is 5.30. The van der Waals surface area contributed by atoms with Crippen molar-refractivity contribution in [3.8, 4) is 17.1 Å². The Hall–Kier alpha value is -1.92. The molecule has 1 aromatic carbocycles. The van der Waals surface area contributed by atoms with E-state index in [4.69, 9.17) is 17.3 Å². The Balaban J connectivity index is 2.08. The molecule has 3 rings (SSSR count). The molecule has 0 unspecified atom stereocenters. The number of benzene rings is 1. The third-order valence-corrected chi connectivity index (χ3v) is 3.61. The topological polar surface area (TPSA) is 69.6 Å². The van der Waals surface area contributed by atoms with Crippen LogP contribution < -0.4 is 5.73 Å². The van der Waals surface area contributed by atoms with Crippen molar-refractivity contribution in [3.63, 3.8) is 0 Å². The van der Waals surface area contributed by atoms with Gasteiger partial charge in [-0.15, -0.1) is 10.2 Å². The van der Waals surface area contributed by atoms with Gasteiger partial charge >= 0.3 is 0 Å². The molecule has 0 bridgehead atoms. The first-order valence-electron chi connectivity index (χ1n) is 5.75. The number of aromatic nitrogens is 4. The average molecular weight is 351 g/mol. The molecule has 3 aromatic rings. The maximum absolute atomic E-state index is 5.98. The molecule has 0 saturated carbocycles. The normalized spacial score (nSPS) is 10.7. The average Bonchev–Trinajstić information content (AvgIpc) is 2.82. The molecular formula is C13H9BrClN5. The van der Waals surface area contributed by atoms with Crippen LogP contribution in [-0.2, 0) is 0 Å². The van der Waals surface area contributed by atoms with Crippen LogP contribution >= 0.6 is 27.5 Å². The Bertz CT molecular complexity index is 754. The van der Waals surface area contributed by atoms with Gasteiger partial charge in [0.25, 0.3) is 0 Å². The molecule has 0 aliphatic heterocycles. The smallest absolute Gasteiger partial charge is 0.178 e. The molecule has 5 nitrogen and oxygen atoms in total. The predicted molar refractivity (Wildman–Crippen MR) is 81.7 cm³/mol. The molecule has 20 heavy (non-hydrogen) atoms. The second kappa shape index (κ2) is 5.22. The van der Waals surface area contributed by atoms with Gasteiger partial charge in [-0.25, -0.2) is 0 Å². The Labute approximate surface area is 128 Å². The summed E-state index contributed by atoms with van der Waals surface area (Å²) in [6, 6.07) is 12.9. The lowest BCUT2D eigenvalue weighted by Crippen LogP contribution is -2.04. The van der Waals surface area contributed by atoms with Crippen LogP contribution in [0.5, 0.6) is 0 Å². The van der Waals surface area contributed by atoms with Crippen LogP contribution in [0.4, 0.5) is 5.82 Å². The monoisotopic (exact) mass is 349 g/mol. The minimum absolute atomic E-state index is 0.325. The van der Waals surface area contributed by atoms with Crippen molar-refractivity contribution in [2.24, 2.45) is 0 Å². The first-order valence-corrected chi connectivity index (χ1v) is 6.92. The Morgan fingerprint density at radius 3 is 2.60 bits per heavy atom. The van der Waals surface area contributed by atoms with Crippen LogP contribution in [0.2, 0.25) is 5.15 Å². The first kappa shape index (κ1) is 13.1. The summed E-state index contributed by atoms with van der Waals surface area (Å²) in [5, 5.41) is 12.5. The fourth-order valence-electron chi connectivity index (χ4n) is 1.80. The quantitative estimate of drug-likeness (QED) is 0.769. The minimum atomic E-state index is 0.325. The zero-order valence-corrected chi connectivity index (χ0v) is 12.5. The maximum atomic E-state index is 5.98. The molecule has 0 aliphatic carbocycles. The molecule has 2 heterocycles. The molecule has 0 atom stereocenters. The maximum Gasteiger partial charge on any atom is 0.178 e. The van der Waals surface area contributed by atoms with Crippen molar-refractivity contribution in [1.29, 1.82) is 0 Å². The summed E-state index contributed by atoms with van der Waals surface area (Å²) in [6.07, 6.45) is 0. The van der Waals surface area contributed by atoms with Gasteiger partial charge in [0.2, 0.25) is 0 Å². The van der Waals surface area contributed by atoms with E-state index in [1.165, 1.54) is 4.68 Å². The van der Waals surface area contributed by atoms with Gasteiger partial charge < -0.3 is 5.73 Å². The Kier molecular flexibility index (Phi) is 3.42. The summed E-state index contributed by atoms with van der Waals surface area (Å²) in [6.45, 7) is 0. The van der Waals surface area contributed by atoms with Gasteiger partial charge in [-0.2, -0.15) is 9.78 Å². The predicted octanol–water partition coefficient (Wildman–Crippen LogP) is 3.33. The molecule has 2 N–H and O–H groups in total. The van der Waals surface area contributed by atoms with Crippen LogP contribution in [-0.4, -0.2) is 20.0 Å². The number of rotatable bonds is 2. The van der Waals surface area contributed by atoms with Crippen molar-refractivity contribution < 1.29 is 0 Å². The standard InChI is InChI=1S/C13H9BrClN5/c14-9-4-2-1-3-8(9)10-7-12(16)20(19-10)13-6-5-11(15)17-18-13/h1-7H,16H2. The molecule has 2 aromatic heterocycles. The number of anilines is 1. The van der Waals surface area contributed by atoms with E-state index in [0.717, 1.165) is 15.7 Å². The highest BCUT2D eigenvalue weighted by molar-refractivity contribution is 9.10. The number of nitrogens with two attached hydrogens (primary N) is 1. The molecule has 0 amide bonds. The fourth-order valence-corrected chi connectivity index (χ4v) is 2.39. The van der Waals surface area contributed by atoms with Gasteiger partial charge in [-0.3, -0.25) is 0 Å². The zero-order chi connectivity index (χ0) is 14.1. The zero-order valence-electron chi connectivity index (χ0n) is 10.2. The van der Waals surface area contributed by atoms with Gasteiger partial charge in [0.05, 0.1) is 5.69 Å². The number of nitrogens with zero attached hydrogens (tertiary/aromatic N) is 4. The highest BCUT2D eigenvalue weighted by Gasteiger charge is 2.12. The van der Waals surface area contributed by atoms with Crippen LogP contribution in [0, 0.1) is 0 Å². The second-order valence-electron chi connectivity index (χ2n) is 4.06. The van der Waals surface area contributed by atoms with Crippen molar-refractivity contribution in [2.75, 3.05) is 5.73 Å². The highest BCUT2D eigenvalue weighted by atomic mass is 79.9. The van der Waals surface area contributed by atoms with Crippen molar-refractivity contribution in [2.45, 2.75) is 0 Å². The molecule has 0 fully saturated rings. The van der Waals surface area contributed by atoms with Gasteiger partial charge in [0.15, 0.2) is 11.0 Å². The van der Waals surface area contributed by atoms with Crippen molar-refractivity contribution >= 4 is 33.3 Å². The lowest BCUT2D eigenvalue weighted by molar-refractivity contribution is 0.825. The number of hydrogen-bond acceptors (Lipinski definition) is 4. The largest absolute Gasteiger partial charge is 0.384 e. The van der Waals surface area contributed by atoms with E-state index in [2.05, 4.69) is 31.2 Å². The SMILES string of the molecule is Nc1cc(-c2ccccc2Br)nn1-c1ccc(Cl)nn1. The summed E-state index contributed by atoms with van der Waals surface area (Å²) in [5.74, 6) is 0.998. The lowest BCUT2D eigenvalue weighted by atomic mass is 10.1. The van der Waals surface area contributed by atoms with E-state index in [0.29, 0.717) is 16.8 Å². The van der Waals surface area contributed by atoms with Crippen LogP contribution in [0.25, 0.3) is 17.1 Å². The highest BCUT2D eigenvalue weighted by Crippen LogP contribution is 2.28. The number of halogens is 2. The van der Waals surface area contributed by atoms with E-state index in [9.17, 15) is 0 Å². The van der Waals surface area contributed by atoms with Gasteiger partial charge in [0.1, 0.15) is 5.82 Å². The van der Waals surface area contributed by atoms with Crippen LogP contribution in [0.15, 0.2) is 46.9 Å². The van der Waals surface area contributed by atoms with E-state index < -0.39 is 0 Å².